The van der Waals surface area contributed by atoms with Crippen LogP contribution in [0.15, 0.2) is 36.5 Å². The second-order valence-corrected chi connectivity index (χ2v) is 3.63. The quantitative estimate of drug-likeness (QED) is 0.861. The average molecular weight is 262 g/mol. The van der Waals surface area contributed by atoms with E-state index in [-0.39, 0.29) is 5.75 Å². The van der Waals surface area contributed by atoms with E-state index in [1.165, 1.54) is 19.4 Å². The number of amides is 1. The molecular formula is C13H11FN2O3. The van der Waals surface area contributed by atoms with Crippen LogP contribution in [-0.2, 0) is 0 Å². The Morgan fingerprint density at radius 3 is 2.68 bits per heavy atom. The Morgan fingerprint density at radius 2 is 2.11 bits per heavy atom. The van der Waals surface area contributed by atoms with Crippen LogP contribution in [0, 0.1) is 5.95 Å². The van der Waals surface area contributed by atoms with E-state index in [4.69, 9.17) is 15.2 Å². The van der Waals surface area contributed by atoms with Crippen molar-refractivity contribution in [2.75, 3.05) is 7.11 Å². The largest absolute Gasteiger partial charge is 0.492 e. The molecule has 0 saturated heterocycles. The Bertz CT molecular complexity index is 599. The summed E-state index contributed by atoms with van der Waals surface area (Å²) in [5.74, 6) is -0.0567. The SMILES string of the molecule is COc1c(OC(N)=O)cccc1-c1ccc(F)nc1. The molecule has 1 aromatic heterocycles. The smallest absolute Gasteiger partial charge is 0.410 e. The van der Waals surface area contributed by atoms with Gasteiger partial charge in [0.1, 0.15) is 0 Å². The number of primary amides is 1. The van der Waals surface area contributed by atoms with Gasteiger partial charge in [0.05, 0.1) is 7.11 Å². The van der Waals surface area contributed by atoms with Crippen molar-refractivity contribution in [1.82, 2.24) is 4.98 Å². The zero-order valence-corrected chi connectivity index (χ0v) is 10.1. The maximum absolute atomic E-state index is 12.8. The van der Waals surface area contributed by atoms with Crippen LogP contribution < -0.4 is 15.2 Å². The van der Waals surface area contributed by atoms with Crippen molar-refractivity contribution in [2.45, 2.75) is 0 Å². The molecule has 0 aliphatic heterocycles. The summed E-state index contributed by atoms with van der Waals surface area (Å²) >= 11 is 0. The zero-order chi connectivity index (χ0) is 13.8. The molecule has 6 heteroatoms. The van der Waals surface area contributed by atoms with Gasteiger partial charge in [-0.05, 0) is 18.2 Å². The van der Waals surface area contributed by atoms with Crippen LogP contribution >= 0.6 is 0 Å². The van der Waals surface area contributed by atoms with Crippen LogP contribution in [-0.4, -0.2) is 18.2 Å². The van der Waals surface area contributed by atoms with Gasteiger partial charge >= 0.3 is 6.09 Å². The van der Waals surface area contributed by atoms with Crippen LogP contribution in [0.4, 0.5) is 9.18 Å². The van der Waals surface area contributed by atoms with Crippen molar-refractivity contribution in [3.8, 4) is 22.6 Å². The van der Waals surface area contributed by atoms with E-state index < -0.39 is 12.0 Å². The molecule has 0 radical (unpaired) electrons. The van der Waals surface area contributed by atoms with Crippen LogP contribution in [0.2, 0.25) is 0 Å². The first kappa shape index (κ1) is 12.8. The summed E-state index contributed by atoms with van der Waals surface area (Å²) in [7, 11) is 1.43. The number of hydrogen-bond acceptors (Lipinski definition) is 4. The summed E-state index contributed by atoms with van der Waals surface area (Å²) in [5, 5.41) is 0. The fraction of sp³-hybridized carbons (Fsp3) is 0.0769. The summed E-state index contributed by atoms with van der Waals surface area (Å²) in [6, 6.07) is 7.73. The predicted octanol–water partition coefficient (Wildman–Crippen LogP) is 2.35. The number of hydrogen-bond donors (Lipinski definition) is 1. The molecule has 0 bridgehead atoms. The normalized spacial score (nSPS) is 10.0. The van der Waals surface area contributed by atoms with E-state index in [1.807, 2.05) is 0 Å². The molecule has 2 aromatic rings. The summed E-state index contributed by atoms with van der Waals surface area (Å²) in [4.78, 5) is 14.4. The van der Waals surface area contributed by atoms with Gasteiger partial charge in [-0.1, -0.05) is 12.1 Å². The number of rotatable bonds is 3. The molecule has 0 aliphatic rings. The van der Waals surface area contributed by atoms with Crippen LogP contribution in [0.5, 0.6) is 11.5 Å². The number of halogens is 1. The summed E-state index contributed by atoms with van der Waals surface area (Å²) in [6.45, 7) is 0. The minimum atomic E-state index is -0.937. The number of methoxy groups -OCH3 is 1. The van der Waals surface area contributed by atoms with Gasteiger partial charge in [0, 0.05) is 17.3 Å². The molecule has 1 heterocycles. The molecule has 0 spiro atoms. The van der Waals surface area contributed by atoms with Crippen LogP contribution in [0.1, 0.15) is 0 Å². The highest BCUT2D eigenvalue weighted by Crippen LogP contribution is 2.37. The first-order valence-corrected chi connectivity index (χ1v) is 5.38. The number of carbonyl (C=O) groups is 1. The fourth-order valence-electron chi connectivity index (χ4n) is 1.68. The number of aromatic nitrogens is 1. The lowest BCUT2D eigenvalue weighted by molar-refractivity contribution is 0.209. The third kappa shape index (κ3) is 2.79. The highest BCUT2D eigenvalue weighted by atomic mass is 19.1. The van der Waals surface area contributed by atoms with E-state index in [1.54, 1.807) is 24.3 Å². The van der Waals surface area contributed by atoms with Crippen LogP contribution in [0.3, 0.4) is 0 Å². The van der Waals surface area contributed by atoms with Crippen molar-refractivity contribution in [1.29, 1.82) is 0 Å². The van der Waals surface area contributed by atoms with Gasteiger partial charge in [-0.3, -0.25) is 0 Å². The Balaban J connectivity index is 2.50. The van der Waals surface area contributed by atoms with E-state index in [9.17, 15) is 9.18 Å². The predicted molar refractivity (Wildman–Crippen MR) is 66.4 cm³/mol. The van der Waals surface area contributed by atoms with Gasteiger partial charge in [-0.25, -0.2) is 9.78 Å². The van der Waals surface area contributed by atoms with Gasteiger partial charge in [0.15, 0.2) is 11.5 Å². The standard InChI is InChI=1S/C13H11FN2O3/c1-18-12-9(8-5-6-11(14)16-7-8)3-2-4-10(12)19-13(15)17/h2-7H,1H3,(H2,15,17). The molecule has 19 heavy (non-hydrogen) atoms. The molecule has 0 atom stereocenters. The van der Waals surface area contributed by atoms with Crippen molar-refractivity contribution in [3.63, 3.8) is 0 Å². The number of nitrogens with zero attached hydrogens (tertiary/aromatic N) is 1. The third-order valence-electron chi connectivity index (χ3n) is 2.43. The molecular weight excluding hydrogens is 251 g/mol. The number of ether oxygens (including phenoxy) is 2. The number of nitrogens with two attached hydrogens (primary N) is 1. The molecule has 2 rings (SSSR count). The highest BCUT2D eigenvalue weighted by molar-refractivity contribution is 5.76. The van der Waals surface area contributed by atoms with Gasteiger partial charge in [0.25, 0.3) is 0 Å². The fourth-order valence-corrected chi connectivity index (χ4v) is 1.68. The molecule has 0 aliphatic carbocycles. The molecule has 1 amide bonds. The Morgan fingerprint density at radius 1 is 1.32 bits per heavy atom. The lowest BCUT2D eigenvalue weighted by Gasteiger charge is -2.12. The molecule has 0 unspecified atom stereocenters. The van der Waals surface area contributed by atoms with Crippen molar-refractivity contribution < 1.29 is 18.7 Å². The molecule has 5 nitrogen and oxygen atoms in total. The molecule has 1 aromatic carbocycles. The maximum Gasteiger partial charge on any atom is 0.410 e. The van der Waals surface area contributed by atoms with Crippen molar-refractivity contribution in [3.05, 3.63) is 42.5 Å². The van der Waals surface area contributed by atoms with Gasteiger partial charge in [-0.15, -0.1) is 0 Å². The molecule has 98 valence electrons. The van der Waals surface area contributed by atoms with E-state index in [0.29, 0.717) is 16.9 Å². The van der Waals surface area contributed by atoms with Crippen molar-refractivity contribution in [2.24, 2.45) is 5.73 Å². The summed E-state index contributed by atoms with van der Waals surface area (Å²) in [6.07, 6.45) is 0.425. The lowest BCUT2D eigenvalue weighted by atomic mass is 10.1. The number of benzene rings is 1. The van der Waals surface area contributed by atoms with Gasteiger partial charge < -0.3 is 15.2 Å². The number of carbonyl (C=O) groups excluding carboxylic acids is 1. The third-order valence-corrected chi connectivity index (χ3v) is 2.43. The topological polar surface area (TPSA) is 74.4 Å². The summed E-state index contributed by atoms with van der Waals surface area (Å²) < 4.78 is 22.9. The zero-order valence-electron chi connectivity index (χ0n) is 10.1. The second kappa shape index (κ2) is 5.34. The Labute approximate surface area is 108 Å². The highest BCUT2D eigenvalue weighted by Gasteiger charge is 2.14. The molecule has 0 saturated carbocycles. The Hall–Kier alpha value is -2.63. The van der Waals surface area contributed by atoms with E-state index in [2.05, 4.69) is 4.98 Å². The minimum Gasteiger partial charge on any atom is -0.492 e. The minimum absolute atomic E-state index is 0.192. The van der Waals surface area contributed by atoms with Crippen molar-refractivity contribution >= 4 is 6.09 Å². The first-order valence-electron chi connectivity index (χ1n) is 5.38. The summed E-state index contributed by atoms with van der Waals surface area (Å²) in [5.41, 5.74) is 6.23. The lowest BCUT2D eigenvalue weighted by Crippen LogP contribution is -2.16. The second-order valence-electron chi connectivity index (χ2n) is 3.63. The van der Waals surface area contributed by atoms with Gasteiger partial charge in [-0.2, -0.15) is 4.39 Å². The first-order chi connectivity index (χ1) is 9.11. The van der Waals surface area contributed by atoms with E-state index >= 15 is 0 Å². The van der Waals surface area contributed by atoms with E-state index in [0.717, 1.165) is 0 Å². The molecule has 0 fully saturated rings. The number of para-hydroxylation sites is 1. The molecule has 2 N–H and O–H groups in total. The average Bonchev–Trinajstić information content (AvgIpc) is 2.38. The number of pyridine rings is 1. The monoisotopic (exact) mass is 262 g/mol. The van der Waals surface area contributed by atoms with Crippen LogP contribution in [0.25, 0.3) is 11.1 Å². The van der Waals surface area contributed by atoms with Gasteiger partial charge in [0.2, 0.25) is 5.95 Å². The maximum atomic E-state index is 12.8. The Kier molecular flexibility index (Phi) is 3.61.